The molecule has 1 aliphatic rings. The molecular weight excluding hydrogens is 268 g/mol. The lowest BCUT2D eigenvalue weighted by Gasteiger charge is -2.34. The Morgan fingerprint density at radius 3 is 2.48 bits per heavy atom. The molecule has 2 rings (SSSR count). The molecule has 0 bridgehead atoms. The number of hydrogen-bond acceptors (Lipinski definition) is 5. The Hall–Kier alpha value is -1.79. The Bertz CT molecular complexity index is 527. The summed E-state index contributed by atoms with van der Waals surface area (Å²) in [6.45, 7) is 6.77. The fraction of sp³-hybridized carbons (Fsp3) is 0.533. The fourth-order valence-electron chi connectivity index (χ4n) is 2.62. The number of nitrogens with two attached hydrogens (primary N) is 2. The third-order valence-corrected chi connectivity index (χ3v) is 4.04. The summed E-state index contributed by atoms with van der Waals surface area (Å²) < 4.78 is 5.33. The lowest BCUT2D eigenvalue weighted by atomic mass is 10.1. The molecule has 0 saturated carbocycles. The Balaban J connectivity index is 2.16. The van der Waals surface area contributed by atoms with E-state index >= 15 is 0 Å². The van der Waals surface area contributed by atoms with E-state index in [1.165, 1.54) is 0 Å². The van der Waals surface area contributed by atoms with Crippen LogP contribution in [0, 0.1) is 6.92 Å². The van der Waals surface area contributed by atoms with Crippen LogP contribution < -0.4 is 16.4 Å². The smallest absolute Gasteiger partial charge is 0.243 e. The first-order valence-corrected chi connectivity index (χ1v) is 7.16. The number of morpholine rings is 1. The van der Waals surface area contributed by atoms with Gasteiger partial charge in [-0.2, -0.15) is 0 Å². The number of carbonyl (C=O) groups is 1. The van der Waals surface area contributed by atoms with Gasteiger partial charge in [0.15, 0.2) is 0 Å². The van der Waals surface area contributed by atoms with Crippen LogP contribution in [0.1, 0.15) is 12.5 Å². The van der Waals surface area contributed by atoms with Crippen molar-refractivity contribution < 1.29 is 9.53 Å². The van der Waals surface area contributed by atoms with Crippen LogP contribution in [0.5, 0.6) is 0 Å². The number of amides is 1. The van der Waals surface area contributed by atoms with Crippen molar-refractivity contribution in [2.75, 3.05) is 49.7 Å². The molecule has 1 heterocycles. The van der Waals surface area contributed by atoms with Crippen molar-refractivity contribution in [2.45, 2.75) is 19.9 Å². The first-order chi connectivity index (χ1) is 9.91. The number of benzene rings is 1. The number of hydrogen-bond donors (Lipinski definition) is 2. The highest BCUT2D eigenvalue weighted by Crippen LogP contribution is 2.27. The van der Waals surface area contributed by atoms with Gasteiger partial charge in [0.1, 0.15) is 0 Å². The third kappa shape index (κ3) is 3.28. The van der Waals surface area contributed by atoms with Gasteiger partial charge in [-0.1, -0.05) is 0 Å². The maximum atomic E-state index is 12.7. The molecule has 0 radical (unpaired) electrons. The van der Waals surface area contributed by atoms with E-state index in [9.17, 15) is 4.79 Å². The molecule has 4 N–H and O–H groups in total. The second-order valence-corrected chi connectivity index (χ2v) is 5.49. The average Bonchev–Trinajstić information content (AvgIpc) is 2.49. The molecular formula is C15H24N4O2. The molecule has 1 aromatic carbocycles. The van der Waals surface area contributed by atoms with E-state index < -0.39 is 0 Å². The summed E-state index contributed by atoms with van der Waals surface area (Å²) in [7, 11) is 1.78. The van der Waals surface area contributed by atoms with Crippen LogP contribution in [0.15, 0.2) is 12.1 Å². The fourth-order valence-corrected chi connectivity index (χ4v) is 2.62. The standard InChI is InChI=1S/C15H24N4O2/c1-10-8-12(16)13(17)9-14(10)18(3)15(20)11(2)19-4-6-21-7-5-19/h8-9,11H,4-7,16-17H2,1-3H3. The summed E-state index contributed by atoms with van der Waals surface area (Å²) in [4.78, 5) is 16.5. The lowest BCUT2D eigenvalue weighted by molar-refractivity contribution is -0.124. The van der Waals surface area contributed by atoms with Crippen molar-refractivity contribution >= 4 is 23.0 Å². The van der Waals surface area contributed by atoms with Crippen LogP contribution in [0.25, 0.3) is 0 Å². The van der Waals surface area contributed by atoms with E-state index in [4.69, 9.17) is 16.2 Å². The zero-order valence-electron chi connectivity index (χ0n) is 12.9. The Morgan fingerprint density at radius 1 is 1.29 bits per heavy atom. The molecule has 1 unspecified atom stereocenters. The predicted molar refractivity (Wildman–Crippen MR) is 85.3 cm³/mol. The molecule has 0 aromatic heterocycles. The van der Waals surface area contributed by atoms with Crippen molar-refractivity contribution in [2.24, 2.45) is 0 Å². The van der Waals surface area contributed by atoms with Gasteiger partial charge in [-0.05, 0) is 31.5 Å². The molecule has 116 valence electrons. The Kier molecular flexibility index (Phi) is 4.69. The van der Waals surface area contributed by atoms with E-state index in [0.717, 1.165) is 24.3 Å². The summed E-state index contributed by atoms with van der Waals surface area (Å²) in [5.74, 6) is 0.0455. The number of rotatable bonds is 3. The zero-order chi connectivity index (χ0) is 15.6. The van der Waals surface area contributed by atoms with Gasteiger partial charge >= 0.3 is 0 Å². The first-order valence-electron chi connectivity index (χ1n) is 7.16. The number of likely N-dealkylation sites (N-methyl/N-ethyl adjacent to an activating group) is 1. The number of anilines is 3. The van der Waals surface area contributed by atoms with Gasteiger partial charge in [0, 0.05) is 25.8 Å². The molecule has 0 spiro atoms. The topological polar surface area (TPSA) is 84.8 Å². The van der Waals surface area contributed by atoms with E-state index in [-0.39, 0.29) is 11.9 Å². The normalized spacial score (nSPS) is 17.5. The number of nitrogen functional groups attached to an aromatic ring is 2. The van der Waals surface area contributed by atoms with Gasteiger partial charge in [0.2, 0.25) is 5.91 Å². The molecule has 1 aliphatic heterocycles. The van der Waals surface area contributed by atoms with Crippen molar-refractivity contribution in [3.63, 3.8) is 0 Å². The van der Waals surface area contributed by atoms with Crippen molar-refractivity contribution in [3.05, 3.63) is 17.7 Å². The van der Waals surface area contributed by atoms with Crippen molar-refractivity contribution in [3.8, 4) is 0 Å². The van der Waals surface area contributed by atoms with Crippen molar-refractivity contribution in [1.82, 2.24) is 4.90 Å². The molecule has 1 aromatic rings. The molecule has 1 fully saturated rings. The maximum Gasteiger partial charge on any atom is 0.243 e. The van der Waals surface area contributed by atoms with E-state index in [2.05, 4.69) is 4.90 Å². The van der Waals surface area contributed by atoms with Gasteiger partial charge < -0.3 is 21.1 Å². The van der Waals surface area contributed by atoms with Crippen LogP contribution in [0.4, 0.5) is 17.1 Å². The quantitative estimate of drug-likeness (QED) is 0.807. The van der Waals surface area contributed by atoms with Crippen LogP contribution in [-0.2, 0) is 9.53 Å². The highest BCUT2D eigenvalue weighted by atomic mass is 16.5. The van der Waals surface area contributed by atoms with E-state index in [1.54, 1.807) is 24.1 Å². The van der Waals surface area contributed by atoms with Crippen LogP contribution in [0.2, 0.25) is 0 Å². The van der Waals surface area contributed by atoms with Gasteiger partial charge in [0.05, 0.1) is 30.6 Å². The first kappa shape index (κ1) is 15.6. The largest absolute Gasteiger partial charge is 0.397 e. The van der Waals surface area contributed by atoms with Gasteiger partial charge in [-0.25, -0.2) is 0 Å². The second-order valence-electron chi connectivity index (χ2n) is 5.49. The van der Waals surface area contributed by atoms with Crippen LogP contribution in [-0.4, -0.2) is 50.2 Å². The summed E-state index contributed by atoms with van der Waals surface area (Å²) in [6, 6.07) is 3.37. The minimum Gasteiger partial charge on any atom is -0.397 e. The maximum absolute atomic E-state index is 12.7. The summed E-state index contributed by atoms with van der Waals surface area (Å²) >= 11 is 0. The minimum atomic E-state index is -0.183. The Labute approximate surface area is 125 Å². The minimum absolute atomic E-state index is 0.0455. The summed E-state index contributed by atoms with van der Waals surface area (Å²) in [5, 5.41) is 0. The average molecular weight is 292 g/mol. The van der Waals surface area contributed by atoms with Crippen LogP contribution >= 0.6 is 0 Å². The zero-order valence-corrected chi connectivity index (χ0v) is 12.9. The SMILES string of the molecule is Cc1cc(N)c(N)cc1N(C)C(=O)C(C)N1CCOCC1. The molecule has 1 atom stereocenters. The van der Waals surface area contributed by atoms with Crippen LogP contribution in [0.3, 0.4) is 0 Å². The number of carbonyl (C=O) groups excluding carboxylic acids is 1. The molecule has 21 heavy (non-hydrogen) atoms. The predicted octanol–water partition coefficient (Wildman–Crippen LogP) is 0.843. The molecule has 1 amide bonds. The highest BCUT2D eigenvalue weighted by molar-refractivity contribution is 5.98. The Morgan fingerprint density at radius 2 is 1.86 bits per heavy atom. The monoisotopic (exact) mass is 292 g/mol. The summed E-state index contributed by atoms with van der Waals surface area (Å²) in [6.07, 6.45) is 0. The number of nitrogens with zero attached hydrogens (tertiary/aromatic N) is 2. The second kappa shape index (κ2) is 6.32. The molecule has 1 saturated heterocycles. The van der Waals surface area contributed by atoms with E-state index in [1.807, 2.05) is 13.8 Å². The van der Waals surface area contributed by atoms with E-state index in [0.29, 0.717) is 24.6 Å². The van der Waals surface area contributed by atoms with Gasteiger partial charge in [0.25, 0.3) is 0 Å². The molecule has 6 nitrogen and oxygen atoms in total. The number of ether oxygens (including phenoxy) is 1. The van der Waals surface area contributed by atoms with Gasteiger partial charge in [-0.3, -0.25) is 9.69 Å². The van der Waals surface area contributed by atoms with Gasteiger partial charge in [-0.15, -0.1) is 0 Å². The van der Waals surface area contributed by atoms with Crippen molar-refractivity contribution in [1.29, 1.82) is 0 Å². The number of aryl methyl sites for hydroxylation is 1. The summed E-state index contributed by atoms with van der Waals surface area (Å²) in [5.41, 5.74) is 14.4. The lowest BCUT2D eigenvalue weighted by Crippen LogP contribution is -2.50. The molecule has 0 aliphatic carbocycles. The molecule has 6 heteroatoms. The highest BCUT2D eigenvalue weighted by Gasteiger charge is 2.27. The third-order valence-electron chi connectivity index (χ3n) is 4.04.